The number of nitrogens with zero attached hydrogens (tertiary/aromatic N) is 3. The Morgan fingerprint density at radius 1 is 0.491 bits per heavy atom. The summed E-state index contributed by atoms with van der Waals surface area (Å²) < 4.78 is 2.28. The van der Waals surface area contributed by atoms with Crippen molar-refractivity contribution in [2.24, 2.45) is 0 Å². The molecule has 0 N–H and O–H groups in total. The summed E-state index contributed by atoms with van der Waals surface area (Å²) in [4.78, 5) is 13.1. The lowest BCUT2D eigenvalue weighted by Crippen LogP contribution is -2.18. The van der Waals surface area contributed by atoms with Gasteiger partial charge in [-0.1, -0.05) is 170 Å². The summed E-state index contributed by atoms with van der Waals surface area (Å²) in [5, 5.41) is 1.14. The van der Waals surface area contributed by atoms with Crippen LogP contribution in [-0.4, -0.2) is 16.5 Å². The second kappa shape index (κ2) is 14.8. The van der Waals surface area contributed by atoms with E-state index in [9.17, 15) is 0 Å². The van der Waals surface area contributed by atoms with Crippen molar-refractivity contribution in [1.29, 1.82) is 0 Å². The molecule has 3 heterocycles. The highest BCUT2D eigenvalue weighted by Gasteiger charge is 2.21. The minimum absolute atomic E-state index is 0.715. The molecule has 2 aromatic heterocycles. The monoisotopic (exact) mass is 747 g/mol. The number of fused-ring (bicyclic) bond motifs is 4. The summed E-state index contributed by atoms with van der Waals surface area (Å²) in [7, 11) is 0. The van der Waals surface area contributed by atoms with E-state index in [0.717, 1.165) is 72.6 Å². The average Bonchev–Trinajstić information content (AvgIpc) is 3.69. The SMILES string of the molecule is C=C1/C=C\C=C/CN(c2cccc(-c3cccc(-c4nc(-c5ccccc5)nc5c4sc4c(-c6ccccc6)cc(-c6ccccc6)cc45)c3)c2)c2ccccc21. The third kappa shape index (κ3) is 6.56. The van der Waals surface area contributed by atoms with Crippen LogP contribution < -0.4 is 4.90 Å². The molecule has 0 radical (unpaired) electrons. The number of anilines is 2. The van der Waals surface area contributed by atoms with Gasteiger partial charge in [-0.05, 0) is 69.8 Å². The fourth-order valence-corrected chi connectivity index (χ4v) is 9.09. The molecule has 270 valence electrons. The predicted octanol–water partition coefficient (Wildman–Crippen LogP) is 14.5. The summed E-state index contributed by atoms with van der Waals surface area (Å²) in [6, 6.07) is 62.5. The molecule has 7 aromatic carbocycles. The quantitative estimate of drug-likeness (QED) is 0.170. The van der Waals surface area contributed by atoms with Gasteiger partial charge >= 0.3 is 0 Å². The van der Waals surface area contributed by atoms with Crippen molar-refractivity contribution in [3.63, 3.8) is 0 Å². The van der Waals surface area contributed by atoms with Crippen LogP contribution >= 0.6 is 11.3 Å². The van der Waals surface area contributed by atoms with Gasteiger partial charge < -0.3 is 4.90 Å². The van der Waals surface area contributed by atoms with E-state index < -0.39 is 0 Å². The summed E-state index contributed by atoms with van der Waals surface area (Å²) in [6.45, 7) is 5.11. The van der Waals surface area contributed by atoms with Crippen molar-refractivity contribution in [3.05, 3.63) is 212 Å². The molecule has 0 atom stereocenters. The summed E-state index contributed by atoms with van der Waals surface area (Å²) in [6.07, 6.45) is 8.44. The molecule has 0 spiro atoms. The molecule has 10 rings (SSSR count). The maximum absolute atomic E-state index is 5.38. The van der Waals surface area contributed by atoms with E-state index in [4.69, 9.17) is 9.97 Å². The van der Waals surface area contributed by atoms with Crippen LogP contribution in [0, 0.1) is 0 Å². The zero-order chi connectivity index (χ0) is 38.1. The van der Waals surface area contributed by atoms with E-state index in [1.54, 1.807) is 11.3 Å². The maximum Gasteiger partial charge on any atom is 0.160 e. The lowest BCUT2D eigenvalue weighted by molar-refractivity contribution is 1.09. The van der Waals surface area contributed by atoms with Crippen LogP contribution in [0.5, 0.6) is 0 Å². The van der Waals surface area contributed by atoms with E-state index >= 15 is 0 Å². The number of allylic oxidation sites excluding steroid dienone is 4. The topological polar surface area (TPSA) is 29.0 Å². The van der Waals surface area contributed by atoms with Crippen molar-refractivity contribution < 1.29 is 0 Å². The molecule has 57 heavy (non-hydrogen) atoms. The Labute approximate surface area is 336 Å². The first-order valence-corrected chi connectivity index (χ1v) is 20.0. The van der Waals surface area contributed by atoms with Gasteiger partial charge in [-0.15, -0.1) is 11.3 Å². The van der Waals surface area contributed by atoms with Crippen LogP contribution in [0.3, 0.4) is 0 Å². The van der Waals surface area contributed by atoms with Gasteiger partial charge in [0.25, 0.3) is 0 Å². The second-order valence-electron chi connectivity index (χ2n) is 14.2. The van der Waals surface area contributed by atoms with Crippen molar-refractivity contribution >= 4 is 48.6 Å². The number of para-hydroxylation sites is 1. The minimum atomic E-state index is 0.715. The van der Waals surface area contributed by atoms with Crippen LogP contribution in [0.4, 0.5) is 11.4 Å². The standard InChI is InChI=1S/C53H37N3S/c1-36-18-6-5-15-31-56(48-30-14-13-29-45(36)48)44-28-17-26-41(33-44)40-25-16-27-42(32-40)49-52-50(55-53(54-49)39-23-11-4-12-24-39)47-35-43(37-19-7-2-8-20-37)34-46(51(47)57-52)38-21-9-3-10-22-38/h2-30,32-35H,1,31H2/b15-5-,18-6-. The van der Waals surface area contributed by atoms with Crippen LogP contribution in [0.15, 0.2) is 207 Å². The molecule has 9 aromatic rings. The van der Waals surface area contributed by atoms with E-state index in [0.29, 0.717) is 5.82 Å². The fourth-order valence-electron chi connectivity index (χ4n) is 7.82. The molecule has 0 saturated heterocycles. The molecule has 0 fully saturated rings. The van der Waals surface area contributed by atoms with Gasteiger partial charge in [-0.2, -0.15) is 0 Å². The Morgan fingerprint density at radius 3 is 1.93 bits per heavy atom. The number of hydrogen-bond acceptors (Lipinski definition) is 4. The number of benzene rings is 7. The van der Waals surface area contributed by atoms with E-state index in [-0.39, 0.29) is 0 Å². The smallest absolute Gasteiger partial charge is 0.160 e. The van der Waals surface area contributed by atoms with E-state index in [1.807, 2.05) is 6.07 Å². The summed E-state index contributed by atoms with van der Waals surface area (Å²) >= 11 is 1.78. The minimum Gasteiger partial charge on any atom is -0.337 e. The zero-order valence-corrected chi connectivity index (χ0v) is 32.0. The van der Waals surface area contributed by atoms with Gasteiger partial charge in [0, 0.05) is 50.3 Å². The zero-order valence-electron chi connectivity index (χ0n) is 31.2. The van der Waals surface area contributed by atoms with Crippen molar-refractivity contribution in [2.45, 2.75) is 0 Å². The van der Waals surface area contributed by atoms with Crippen LogP contribution in [0.2, 0.25) is 0 Å². The van der Waals surface area contributed by atoms with Crippen LogP contribution in [-0.2, 0) is 0 Å². The average molecular weight is 748 g/mol. The first kappa shape index (κ1) is 34.4. The van der Waals surface area contributed by atoms with Crippen molar-refractivity contribution in [1.82, 2.24) is 9.97 Å². The van der Waals surface area contributed by atoms with Gasteiger partial charge in [0.1, 0.15) is 0 Å². The second-order valence-corrected chi connectivity index (χ2v) is 15.3. The fraction of sp³-hybridized carbons (Fsp3) is 0.0189. The van der Waals surface area contributed by atoms with Crippen LogP contribution in [0.25, 0.3) is 81.9 Å². The van der Waals surface area contributed by atoms with Crippen molar-refractivity contribution in [2.75, 3.05) is 11.4 Å². The molecular weight excluding hydrogens is 711 g/mol. The third-order valence-electron chi connectivity index (χ3n) is 10.6. The first-order valence-electron chi connectivity index (χ1n) is 19.2. The van der Waals surface area contributed by atoms with Crippen LogP contribution in [0.1, 0.15) is 5.56 Å². The highest BCUT2D eigenvalue weighted by Crippen LogP contribution is 2.46. The molecule has 0 bridgehead atoms. The van der Waals surface area contributed by atoms with Gasteiger partial charge in [-0.3, -0.25) is 0 Å². The number of thiophene rings is 1. The summed E-state index contributed by atoms with van der Waals surface area (Å²) in [5.41, 5.74) is 15.3. The number of aromatic nitrogens is 2. The van der Waals surface area contributed by atoms with Gasteiger partial charge in [-0.25, -0.2) is 9.97 Å². The molecule has 0 unspecified atom stereocenters. The Morgan fingerprint density at radius 2 is 1.14 bits per heavy atom. The maximum atomic E-state index is 5.38. The molecule has 0 amide bonds. The highest BCUT2D eigenvalue weighted by atomic mass is 32.1. The van der Waals surface area contributed by atoms with Gasteiger partial charge in [0.15, 0.2) is 5.82 Å². The lowest BCUT2D eigenvalue weighted by atomic mass is 9.96. The van der Waals surface area contributed by atoms with Crippen molar-refractivity contribution in [3.8, 4) is 56.0 Å². The van der Waals surface area contributed by atoms with E-state index in [2.05, 4.69) is 206 Å². The molecule has 1 aliphatic rings. The van der Waals surface area contributed by atoms with E-state index in [1.165, 1.54) is 27.0 Å². The van der Waals surface area contributed by atoms with Gasteiger partial charge in [0.05, 0.1) is 15.9 Å². The largest absolute Gasteiger partial charge is 0.337 e. The normalized spacial score (nSPS) is 13.8. The molecule has 0 saturated carbocycles. The Kier molecular flexibility index (Phi) is 8.94. The number of hydrogen-bond donors (Lipinski definition) is 0. The Balaban J connectivity index is 1.15. The molecule has 0 aliphatic carbocycles. The number of rotatable bonds is 6. The molecule has 3 nitrogen and oxygen atoms in total. The summed E-state index contributed by atoms with van der Waals surface area (Å²) in [5.74, 6) is 0.715. The third-order valence-corrected chi connectivity index (χ3v) is 11.9. The Hall–Kier alpha value is -7.14. The molecule has 4 heteroatoms. The molecular formula is C53H37N3S. The van der Waals surface area contributed by atoms with Gasteiger partial charge in [0.2, 0.25) is 0 Å². The Bertz CT molecular complexity index is 3000. The highest BCUT2D eigenvalue weighted by molar-refractivity contribution is 7.26. The lowest BCUT2D eigenvalue weighted by Gasteiger charge is -2.26. The first-order chi connectivity index (χ1) is 28.2. The predicted molar refractivity (Wildman–Crippen MR) is 243 cm³/mol. The molecule has 1 aliphatic heterocycles.